The summed E-state index contributed by atoms with van der Waals surface area (Å²) in [6, 6.07) is 0.552. The van der Waals surface area contributed by atoms with Gasteiger partial charge in [-0.3, -0.25) is 9.69 Å². The van der Waals surface area contributed by atoms with Crippen LogP contribution in [0.15, 0.2) is 4.99 Å². The molecule has 3 saturated heterocycles. The van der Waals surface area contributed by atoms with Crippen LogP contribution in [0.25, 0.3) is 0 Å². The quantitative estimate of drug-likeness (QED) is 0.277. The molecule has 2 atom stereocenters. The average molecular weight is 566 g/mol. The van der Waals surface area contributed by atoms with Crippen LogP contribution in [0.3, 0.4) is 0 Å². The van der Waals surface area contributed by atoms with E-state index in [4.69, 9.17) is 9.47 Å². The molecule has 3 rings (SSSR count). The van der Waals surface area contributed by atoms with Crippen molar-refractivity contribution in [2.45, 2.75) is 70.1 Å². The number of likely N-dealkylation sites (tertiary alicyclic amines) is 2. The Morgan fingerprint density at radius 2 is 1.91 bits per heavy atom. The van der Waals surface area contributed by atoms with Gasteiger partial charge in [0.05, 0.1) is 18.8 Å². The van der Waals surface area contributed by atoms with Gasteiger partial charge >= 0.3 is 0 Å². The number of piperidine rings is 1. The van der Waals surface area contributed by atoms with Crippen molar-refractivity contribution in [3.63, 3.8) is 0 Å². The molecule has 8 nitrogen and oxygen atoms in total. The van der Waals surface area contributed by atoms with E-state index in [1.807, 2.05) is 0 Å². The van der Waals surface area contributed by atoms with Gasteiger partial charge in [0.1, 0.15) is 6.54 Å². The molecule has 186 valence electrons. The summed E-state index contributed by atoms with van der Waals surface area (Å²) in [5.41, 5.74) is 0. The maximum Gasteiger partial charge on any atom is 0.243 e. The lowest BCUT2D eigenvalue weighted by molar-refractivity contribution is -0.127. The number of ether oxygens (including phenoxy) is 2. The van der Waals surface area contributed by atoms with E-state index in [-0.39, 0.29) is 48.6 Å². The van der Waals surface area contributed by atoms with E-state index >= 15 is 0 Å². The number of hydrogen-bond acceptors (Lipinski definition) is 5. The summed E-state index contributed by atoms with van der Waals surface area (Å²) in [6.07, 6.45) is 8.57. The van der Waals surface area contributed by atoms with Crippen LogP contribution >= 0.6 is 24.0 Å². The Kier molecular flexibility index (Phi) is 12.6. The van der Waals surface area contributed by atoms with Crippen LogP contribution < -0.4 is 5.32 Å². The normalized spacial score (nSPS) is 25.5. The highest BCUT2D eigenvalue weighted by Gasteiger charge is 2.26. The number of carbonyl (C=O) groups excluding carboxylic acids is 1. The van der Waals surface area contributed by atoms with Gasteiger partial charge in [0.2, 0.25) is 5.91 Å². The van der Waals surface area contributed by atoms with Crippen LogP contribution in [-0.4, -0.2) is 111 Å². The molecule has 0 aromatic carbocycles. The molecule has 9 heteroatoms. The van der Waals surface area contributed by atoms with Gasteiger partial charge in [-0.1, -0.05) is 6.92 Å². The number of hydrogen-bond donors (Lipinski definition) is 1. The Balaban J connectivity index is 0.00000363. The van der Waals surface area contributed by atoms with Gasteiger partial charge < -0.3 is 24.6 Å². The van der Waals surface area contributed by atoms with Crippen molar-refractivity contribution < 1.29 is 14.3 Å². The number of nitrogens with one attached hydrogen (secondary N) is 1. The van der Waals surface area contributed by atoms with Gasteiger partial charge in [-0.25, -0.2) is 4.99 Å². The molecule has 3 heterocycles. The zero-order valence-corrected chi connectivity index (χ0v) is 22.6. The lowest BCUT2D eigenvalue weighted by Gasteiger charge is -2.36. The first-order valence-corrected chi connectivity index (χ1v) is 12.3. The molecular weight excluding hydrogens is 521 g/mol. The second kappa shape index (κ2) is 14.6. The molecule has 2 unspecified atom stereocenters. The highest BCUT2D eigenvalue weighted by Crippen LogP contribution is 2.19. The van der Waals surface area contributed by atoms with Crippen LogP contribution in [0.4, 0.5) is 0 Å². The minimum atomic E-state index is 0. The fourth-order valence-corrected chi connectivity index (χ4v) is 4.72. The second-order valence-electron chi connectivity index (χ2n) is 9.24. The third-order valence-corrected chi connectivity index (χ3v) is 6.80. The zero-order valence-electron chi connectivity index (χ0n) is 20.3. The summed E-state index contributed by atoms with van der Waals surface area (Å²) in [5, 5.41) is 3.59. The zero-order chi connectivity index (χ0) is 22.1. The summed E-state index contributed by atoms with van der Waals surface area (Å²) in [6.45, 7) is 8.97. The number of likely N-dealkylation sites (N-methyl/N-ethyl adjacent to an activating group) is 2. The monoisotopic (exact) mass is 565 g/mol. The van der Waals surface area contributed by atoms with Gasteiger partial charge in [0.15, 0.2) is 5.96 Å². The smallest absolute Gasteiger partial charge is 0.243 e. The summed E-state index contributed by atoms with van der Waals surface area (Å²) >= 11 is 0. The van der Waals surface area contributed by atoms with Crippen LogP contribution in [0.2, 0.25) is 0 Å². The Morgan fingerprint density at radius 1 is 1.12 bits per heavy atom. The molecule has 1 amide bonds. The minimum Gasteiger partial charge on any atom is -0.376 e. The Morgan fingerprint density at radius 3 is 2.56 bits per heavy atom. The number of carbonyl (C=O) groups is 1. The van der Waals surface area contributed by atoms with E-state index in [0.29, 0.717) is 6.04 Å². The molecule has 0 bridgehead atoms. The highest BCUT2D eigenvalue weighted by atomic mass is 127. The molecule has 0 radical (unpaired) electrons. The summed E-state index contributed by atoms with van der Waals surface area (Å²) in [4.78, 5) is 23.2. The first kappa shape index (κ1) is 27.6. The number of halogens is 1. The molecule has 3 aliphatic heterocycles. The number of amides is 1. The van der Waals surface area contributed by atoms with E-state index in [1.54, 1.807) is 19.0 Å². The first-order valence-electron chi connectivity index (χ1n) is 12.3. The average Bonchev–Trinajstić information content (AvgIpc) is 3.26. The molecule has 0 saturated carbocycles. The third-order valence-electron chi connectivity index (χ3n) is 6.80. The van der Waals surface area contributed by atoms with Crippen molar-refractivity contribution in [1.82, 2.24) is 20.0 Å². The van der Waals surface area contributed by atoms with Gasteiger partial charge in [-0.15, -0.1) is 24.0 Å². The molecule has 32 heavy (non-hydrogen) atoms. The number of aliphatic imine (C=N–C) groups is 1. The van der Waals surface area contributed by atoms with Crippen molar-refractivity contribution in [2.75, 3.05) is 66.6 Å². The predicted octanol–water partition coefficient (Wildman–Crippen LogP) is 2.17. The lowest BCUT2D eigenvalue weighted by Crippen LogP contribution is -2.50. The van der Waals surface area contributed by atoms with Gasteiger partial charge in [-0.2, -0.15) is 0 Å². The Bertz CT molecular complexity index is 578. The Hall–Kier alpha value is -0.650. The molecule has 3 aliphatic rings. The van der Waals surface area contributed by atoms with E-state index in [2.05, 4.69) is 27.0 Å². The van der Waals surface area contributed by atoms with Gasteiger partial charge in [0.25, 0.3) is 0 Å². The fraction of sp³-hybridized carbons (Fsp3) is 0.913. The first-order chi connectivity index (χ1) is 15.1. The summed E-state index contributed by atoms with van der Waals surface area (Å²) in [7, 11) is 3.56. The largest absolute Gasteiger partial charge is 0.376 e. The maximum absolute atomic E-state index is 12.1. The van der Waals surface area contributed by atoms with E-state index < -0.39 is 0 Å². The SMILES string of the molecule is CCN1CCCC1CNC(=NCC(=O)N(C)C)N1CCC(OCC2CCCCO2)CC1.I. The van der Waals surface area contributed by atoms with Crippen molar-refractivity contribution in [2.24, 2.45) is 4.99 Å². The summed E-state index contributed by atoms with van der Waals surface area (Å²) in [5.74, 6) is 0.897. The van der Waals surface area contributed by atoms with Gasteiger partial charge in [-0.05, 0) is 58.0 Å². The number of nitrogens with zero attached hydrogens (tertiary/aromatic N) is 4. The van der Waals surface area contributed by atoms with E-state index in [1.165, 1.54) is 32.2 Å². The number of guanidine groups is 1. The molecule has 0 aromatic rings. The maximum atomic E-state index is 12.1. The van der Waals surface area contributed by atoms with Crippen molar-refractivity contribution in [3.05, 3.63) is 0 Å². The molecule has 1 N–H and O–H groups in total. The minimum absolute atomic E-state index is 0. The van der Waals surface area contributed by atoms with Crippen molar-refractivity contribution in [3.8, 4) is 0 Å². The molecule has 0 aliphatic carbocycles. The van der Waals surface area contributed by atoms with E-state index in [9.17, 15) is 4.79 Å². The summed E-state index contributed by atoms with van der Waals surface area (Å²) < 4.78 is 12.0. The Labute approximate surface area is 211 Å². The standard InChI is InChI=1S/C23H43N5O3.HI/c1-4-27-12-7-8-19(27)16-24-23(25-17-22(29)26(2)3)28-13-10-20(11-14-28)31-18-21-9-5-6-15-30-21;/h19-21H,4-18H2,1-3H3,(H,24,25);1H. The second-order valence-corrected chi connectivity index (χ2v) is 9.24. The van der Waals surface area contributed by atoms with Gasteiger partial charge in [0, 0.05) is 46.4 Å². The lowest BCUT2D eigenvalue weighted by atomic mass is 10.1. The van der Waals surface area contributed by atoms with Crippen molar-refractivity contribution in [1.29, 1.82) is 0 Å². The van der Waals surface area contributed by atoms with Crippen molar-refractivity contribution >= 4 is 35.8 Å². The molecule has 0 spiro atoms. The van der Waals surface area contributed by atoms with Crippen LogP contribution in [0.5, 0.6) is 0 Å². The van der Waals surface area contributed by atoms with E-state index in [0.717, 1.165) is 64.6 Å². The van der Waals surface area contributed by atoms with Crippen LogP contribution in [0, 0.1) is 0 Å². The highest BCUT2D eigenvalue weighted by molar-refractivity contribution is 14.0. The molecular formula is C23H44IN5O3. The number of rotatable bonds is 8. The van der Waals surface area contributed by atoms with Crippen LogP contribution in [0.1, 0.15) is 51.9 Å². The fourth-order valence-electron chi connectivity index (χ4n) is 4.72. The topological polar surface area (TPSA) is 69.6 Å². The molecule has 3 fully saturated rings. The third kappa shape index (κ3) is 8.61. The molecule has 0 aromatic heterocycles. The predicted molar refractivity (Wildman–Crippen MR) is 139 cm³/mol. The van der Waals surface area contributed by atoms with Crippen LogP contribution in [-0.2, 0) is 14.3 Å².